The normalized spacial score (nSPS) is 29.1. The average molecular weight is 830 g/mol. The molecule has 2 aliphatic rings. The van der Waals surface area contributed by atoms with Crippen LogP contribution in [0.2, 0.25) is 18.1 Å². The Hall–Kier alpha value is -2.39. The number of anilines is 2. The average Bonchev–Trinajstić information content (AvgIpc) is 3.83. The number of thiol groups is 2. The van der Waals surface area contributed by atoms with Crippen molar-refractivity contribution in [3.8, 4) is 0 Å². The molecule has 2 aliphatic heterocycles. The molecule has 23 heteroatoms. The summed E-state index contributed by atoms with van der Waals surface area (Å²) in [5.41, 5.74) is 13.5. The number of ether oxygens (including phenoxy) is 2. The van der Waals surface area contributed by atoms with Gasteiger partial charge in [-0.1, -0.05) is 58.3 Å². The zero-order chi connectivity index (χ0) is 38.7. The molecule has 2 saturated heterocycles. The highest BCUT2D eigenvalue weighted by molar-refractivity contribution is 8.44. The summed E-state index contributed by atoms with van der Waals surface area (Å²) in [6.45, 7) is 7.04. The number of rotatable bonds is 13. The minimum Gasteiger partial charge on any atom is -0.407 e. The maximum Gasteiger partial charge on any atom is 0.386 e. The van der Waals surface area contributed by atoms with Gasteiger partial charge in [0.1, 0.15) is 54.2 Å². The van der Waals surface area contributed by atoms with Crippen molar-refractivity contribution in [1.29, 1.82) is 0 Å². The molecule has 0 saturated carbocycles. The van der Waals surface area contributed by atoms with Crippen molar-refractivity contribution < 1.29 is 41.5 Å². The molecule has 0 amide bonds. The third-order valence-corrected chi connectivity index (χ3v) is 17.1. The van der Waals surface area contributed by atoms with Crippen LogP contribution in [0.3, 0.4) is 0 Å². The van der Waals surface area contributed by atoms with Crippen LogP contribution in [0.15, 0.2) is 43.9 Å². The largest absolute Gasteiger partial charge is 0.407 e. The summed E-state index contributed by atoms with van der Waals surface area (Å²) >= 11 is 8.06. The lowest BCUT2D eigenvalue weighted by Gasteiger charge is -2.40. The predicted molar refractivity (Wildman–Crippen MR) is 207 cm³/mol. The van der Waals surface area contributed by atoms with E-state index in [1.807, 2.05) is 20.0 Å². The minimum atomic E-state index is -4.28. The number of imidazole rings is 1. The SMILES string of the molecule is C=C[C@H]1[C@@H](C)[C@H](n2cnc3c(N)ncnc32)O[C@@H]1COP(=O)(S)O[C@H]1C(O[Si](C)(C)C(C)(C)C)[C@H](n2ccc3c(N)ncnc32)O[C@@H]1COP(=O)(O)S. The van der Waals surface area contributed by atoms with Gasteiger partial charge in [-0.25, -0.2) is 34.0 Å². The van der Waals surface area contributed by atoms with Crippen molar-refractivity contribution >= 4 is 80.2 Å². The van der Waals surface area contributed by atoms with Crippen LogP contribution in [0.25, 0.3) is 22.2 Å². The van der Waals surface area contributed by atoms with Gasteiger partial charge in [0.15, 0.2) is 26.0 Å². The topological polar surface area (TPSA) is 236 Å². The maximum absolute atomic E-state index is 14.2. The summed E-state index contributed by atoms with van der Waals surface area (Å²) in [4.78, 5) is 31.1. The Morgan fingerprint density at radius 2 is 1.60 bits per heavy atom. The van der Waals surface area contributed by atoms with Gasteiger partial charge in [-0.2, -0.15) is 0 Å². The smallest absolute Gasteiger partial charge is 0.386 e. The standard InChI is InChI=1S/C30H45N9O9P2S2Si/c1-8-17-16(2)28(39-15-37-21-25(32)34-14-36-27(21)39)45-19(17)11-44-50(42,52)47-22-20(12-43-49(40,41)51)46-29(23(22)48-53(6,7)30(3,4)5)38-10-9-18-24(31)33-13-35-26(18)38/h8-10,13-17,19-20,22-23,28-29H,1,11-12H2,2-7H3,(H,42,52)(H2,31,33,35)(H2,32,34,36)(H2,40,41,51)/t16-,17+,19-,20-,22-,23?,28-,29-,50?/m1/s1. The number of nitrogens with two attached hydrogens (primary N) is 2. The first kappa shape index (κ1) is 40.3. The molecule has 10 atom stereocenters. The van der Waals surface area contributed by atoms with E-state index in [4.69, 9.17) is 38.9 Å². The van der Waals surface area contributed by atoms with Crippen LogP contribution in [-0.2, 0) is 36.6 Å². The summed E-state index contributed by atoms with van der Waals surface area (Å²) in [6, 6.07) is 1.74. The highest BCUT2D eigenvalue weighted by Gasteiger charge is 2.54. The Kier molecular flexibility index (Phi) is 11.3. The van der Waals surface area contributed by atoms with E-state index in [2.05, 4.69) is 76.8 Å². The Morgan fingerprint density at radius 1 is 0.962 bits per heavy atom. The van der Waals surface area contributed by atoms with Gasteiger partial charge in [0.2, 0.25) is 0 Å². The molecule has 0 spiro atoms. The Labute approximate surface area is 317 Å². The van der Waals surface area contributed by atoms with Crippen molar-refractivity contribution in [3.05, 3.63) is 43.9 Å². The number of nitrogens with zero attached hydrogens (tertiary/aromatic N) is 7. The molecule has 2 fully saturated rings. The molecule has 4 aromatic heterocycles. The van der Waals surface area contributed by atoms with Gasteiger partial charge >= 0.3 is 13.6 Å². The minimum absolute atomic E-state index is 0.132. The first-order chi connectivity index (χ1) is 24.7. The molecule has 290 valence electrons. The fraction of sp³-hybridized carbons (Fsp3) is 0.567. The Balaban J connectivity index is 1.29. The summed E-state index contributed by atoms with van der Waals surface area (Å²) in [5.74, 6) is 0.120. The zero-order valence-electron chi connectivity index (χ0n) is 30.0. The van der Waals surface area contributed by atoms with Gasteiger partial charge < -0.3 is 34.8 Å². The van der Waals surface area contributed by atoms with Crippen molar-refractivity contribution in [2.24, 2.45) is 11.8 Å². The van der Waals surface area contributed by atoms with Gasteiger partial charge in [-0.15, -0.1) is 6.58 Å². The predicted octanol–water partition coefficient (Wildman–Crippen LogP) is 5.55. The van der Waals surface area contributed by atoms with Gasteiger partial charge in [-0.05, 0) is 24.2 Å². The summed E-state index contributed by atoms with van der Waals surface area (Å²) in [7, 11) is -2.63. The van der Waals surface area contributed by atoms with Crippen LogP contribution in [0, 0.1) is 11.8 Å². The molecule has 18 nitrogen and oxygen atoms in total. The molecule has 4 aromatic rings. The van der Waals surface area contributed by atoms with Crippen LogP contribution in [0.5, 0.6) is 0 Å². The molecule has 6 rings (SSSR count). The van der Waals surface area contributed by atoms with Crippen LogP contribution in [0.1, 0.15) is 40.2 Å². The molecule has 0 aromatic carbocycles. The van der Waals surface area contributed by atoms with E-state index in [9.17, 15) is 14.0 Å². The molecule has 6 heterocycles. The highest BCUT2D eigenvalue weighted by atomic mass is 32.7. The summed E-state index contributed by atoms with van der Waals surface area (Å²) in [6.07, 6.45) is 2.34. The molecule has 0 radical (unpaired) electrons. The number of hydrogen-bond acceptors (Lipinski definition) is 15. The van der Waals surface area contributed by atoms with Gasteiger partial charge in [0.05, 0.1) is 31.0 Å². The van der Waals surface area contributed by atoms with Crippen LogP contribution >= 0.6 is 38.1 Å². The fourth-order valence-corrected chi connectivity index (χ4v) is 9.68. The van der Waals surface area contributed by atoms with E-state index in [-0.39, 0.29) is 35.1 Å². The second-order valence-corrected chi connectivity index (χ2v) is 25.0. The molecule has 3 unspecified atom stereocenters. The monoisotopic (exact) mass is 829 g/mol. The summed E-state index contributed by atoms with van der Waals surface area (Å²) < 4.78 is 67.1. The third kappa shape index (κ3) is 8.27. The van der Waals surface area contributed by atoms with E-state index in [0.29, 0.717) is 22.2 Å². The first-order valence-corrected chi connectivity index (χ1v) is 25.0. The Bertz CT molecular complexity index is 2080. The zero-order valence-corrected chi connectivity index (χ0v) is 34.6. The number of aromatic nitrogens is 7. The molecular weight excluding hydrogens is 785 g/mol. The molecule has 0 bridgehead atoms. The van der Waals surface area contributed by atoms with Crippen LogP contribution < -0.4 is 11.5 Å². The molecule has 53 heavy (non-hydrogen) atoms. The quantitative estimate of drug-likeness (QED) is 0.0481. The van der Waals surface area contributed by atoms with E-state index in [1.54, 1.807) is 33.8 Å². The number of nitrogen functional groups attached to an aromatic ring is 2. The highest BCUT2D eigenvalue weighted by Crippen LogP contribution is 2.58. The molecular formula is C30H45N9O9P2S2Si. The number of fused-ring (bicyclic) bond motifs is 2. The van der Waals surface area contributed by atoms with Crippen LogP contribution in [0.4, 0.5) is 11.6 Å². The van der Waals surface area contributed by atoms with Crippen LogP contribution in [-0.4, -0.2) is 84.9 Å². The Morgan fingerprint density at radius 3 is 2.26 bits per heavy atom. The second kappa shape index (κ2) is 14.9. The molecule has 0 aliphatic carbocycles. The van der Waals surface area contributed by atoms with Crippen molar-refractivity contribution in [2.45, 2.75) is 82.7 Å². The van der Waals surface area contributed by atoms with E-state index < -0.39 is 65.4 Å². The van der Waals surface area contributed by atoms with Gasteiger partial charge in [-0.3, -0.25) is 18.1 Å². The lowest BCUT2D eigenvalue weighted by Crippen LogP contribution is -2.49. The van der Waals surface area contributed by atoms with E-state index in [1.165, 1.54) is 12.7 Å². The van der Waals surface area contributed by atoms with Crippen molar-refractivity contribution in [1.82, 2.24) is 34.1 Å². The number of hydrogen-bond donors (Lipinski definition) is 5. The first-order valence-electron chi connectivity index (χ1n) is 16.7. The second-order valence-electron chi connectivity index (χ2n) is 14.6. The van der Waals surface area contributed by atoms with E-state index in [0.717, 1.165) is 0 Å². The summed E-state index contributed by atoms with van der Waals surface area (Å²) in [5, 5.41) is 0.290. The van der Waals surface area contributed by atoms with E-state index >= 15 is 0 Å². The fourth-order valence-electron chi connectivity index (χ4n) is 6.37. The van der Waals surface area contributed by atoms with Crippen molar-refractivity contribution in [3.63, 3.8) is 0 Å². The van der Waals surface area contributed by atoms with Crippen molar-refractivity contribution in [2.75, 3.05) is 24.7 Å². The molecule has 5 N–H and O–H groups in total. The lowest BCUT2D eigenvalue weighted by atomic mass is 9.91. The third-order valence-electron chi connectivity index (χ3n) is 10.1. The maximum atomic E-state index is 14.2. The van der Waals surface area contributed by atoms with Gasteiger partial charge in [0, 0.05) is 18.0 Å². The van der Waals surface area contributed by atoms with Gasteiger partial charge in [0.25, 0.3) is 0 Å². The lowest BCUT2D eigenvalue weighted by molar-refractivity contribution is -0.0462.